The molecule has 7 heteroatoms. The average Bonchev–Trinajstić information content (AvgIpc) is 2.39. The summed E-state index contributed by atoms with van der Waals surface area (Å²) in [5, 5.41) is 9.05. The van der Waals surface area contributed by atoms with Crippen LogP contribution >= 0.6 is 0 Å². The Balaban J connectivity index is 2.32. The van der Waals surface area contributed by atoms with Crippen LogP contribution in [0.2, 0.25) is 0 Å². The van der Waals surface area contributed by atoms with Gasteiger partial charge in [0.25, 0.3) is 0 Å². The van der Waals surface area contributed by atoms with Crippen LogP contribution in [0.3, 0.4) is 0 Å². The second kappa shape index (κ2) is 5.98. The van der Waals surface area contributed by atoms with Crippen LogP contribution in [0.5, 0.6) is 11.5 Å². The number of fused-ring (bicyclic) bond motifs is 1. The average molecular weight is 283 g/mol. The molecule has 0 radical (unpaired) electrons. The first-order valence-electron chi connectivity index (χ1n) is 6.04. The van der Waals surface area contributed by atoms with E-state index in [0.29, 0.717) is 24.7 Å². The van der Waals surface area contributed by atoms with Crippen LogP contribution in [0.25, 0.3) is 0 Å². The summed E-state index contributed by atoms with van der Waals surface area (Å²) in [6, 6.07) is 2.81. The molecule has 0 bridgehead atoms. The molecule has 2 rings (SSSR count). The fourth-order valence-corrected chi connectivity index (χ4v) is 2.03. The molecule has 7 nitrogen and oxygen atoms in total. The van der Waals surface area contributed by atoms with Crippen molar-refractivity contribution in [3.8, 4) is 11.5 Å². The van der Waals surface area contributed by atoms with Gasteiger partial charge in [-0.05, 0) is 0 Å². The molecule has 1 aromatic rings. The summed E-state index contributed by atoms with van der Waals surface area (Å²) in [6.07, 6.45) is -0.722. The molecule has 110 valence electrons. The molecule has 0 spiro atoms. The van der Waals surface area contributed by atoms with E-state index in [0.717, 1.165) is 0 Å². The lowest BCUT2D eigenvalue weighted by Gasteiger charge is -2.33. The predicted octanol–water partition coefficient (Wildman–Crippen LogP) is 0.768. The number of methoxy groups -OCH3 is 2. The van der Waals surface area contributed by atoms with Crippen molar-refractivity contribution in [2.45, 2.75) is 12.2 Å². The van der Waals surface area contributed by atoms with E-state index >= 15 is 0 Å². The number of hydrogen-bond donors (Lipinski definition) is 2. The van der Waals surface area contributed by atoms with E-state index < -0.39 is 5.97 Å². The number of aromatic carboxylic acids is 1. The van der Waals surface area contributed by atoms with Gasteiger partial charge in [0.1, 0.15) is 0 Å². The number of carbonyl (C=O) groups is 1. The maximum atomic E-state index is 11.1. The predicted molar refractivity (Wildman–Crippen MR) is 70.4 cm³/mol. The third-order valence-corrected chi connectivity index (χ3v) is 2.98. The molecular weight excluding hydrogens is 266 g/mol. The number of benzene rings is 1. The number of hydrogen-bond acceptors (Lipinski definition) is 6. The molecule has 1 heterocycles. The normalized spacial score (nSPS) is 20.7. The van der Waals surface area contributed by atoms with Crippen molar-refractivity contribution in [3.05, 3.63) is 17.7 Å². The monoisotopic (exact) mass is 283 g/mol. The summed E-state index contributed by atoms with van der Waals surface area (Å²) in [4.78, 5) is 11.1. The first kappa shape index (κ1) is 14.4. The summed E-state index contributed by atoms with van der Waals surface area (Å²) in [7, 11) is 3.11. The number of carboxylic acid groups (broad SMARTS) is 1. The number of rotatable bonds is 5. The number of nitrogens with two attached hydrogens (primary N) is 1. The fourth-order valence-electron chi connectivity index (χ4n) is 2.03. The van der Waals surface area contributed by atoms with Gasteiger partial charge in [-0.1, -0.05) is 0 Å². The van der Waals surface area contributed by atoms with Crippen LogP contribution < -0.4 is 15.2 Å². The zero-order valence-electron chi connectivity index (χ0n) is 11.3. The van der Waals surface area contributed by atoms with Crippen LogP contribution in [-0.2, 0) is 9.47 Å². The molecule has 0 amide bonds. The van der Waals surface area contributed by atoms with Gasteiger partial charge in [-0.25, -0.2) is 4.79 Å². The van der Waals surface area contributed by atoms with E-state index in [9.17, 15) is 4.79 Å². The van der Waals surface area contributed by atoms with Crippen LogP contribution in [0.15, 0.2) is 12.1 Å². The number of anilines is 1. The Bertz CT molecular complexity index is 504. The molecular formula is C13H17NO6. The molecule has 1 aliphatic heterocycles. The highest BCUT2D eigenvalue weighted by Gasteiger charge is 2.32. The lowest BCUT2D eigenvalue weighted by atomic mass is 10.1. The highest BCUT2D eigenvalue weighted by atomic mass is 16.6. The first-order valence-corrected chi connectivity index (χ1v) is 6.04. The Labute approximate surface area is 116 Å². The Morgan fingerprint density at radius 1 is 1.20 bits per heavy atom. The summed E-state index contributed by atoms with van der Waals surface area (Å²) < 4.78 is 21.6. The third kappa shape index (κ3) is 2.78. The molecule has 1 aromatic carbocycles. The second-order valence-corrected chi connectivity index (χ2v) is 4.41. The zero-order chi connectivity index (χ0) is 14.7. The van der Waals surface area contributed by atoms with Gasteiger partial charge in [-0.3, -0.25) is 0 Å². The smallest absolute Gasteiger partial charge is 0.337 e. The molecule has 1 aliphatic rings. The van der Waals surface area contributed by atoms with Gasteiger partial charge in [0.05, 0.1) is 24.5 Å². The zero-order valence-corrected chi connectivity index (χ0v) is 11.3. The second-order valence-electron chi connectivity index (χ2n) is 4.41. The van der Waals surface area contributed by atoms with E-state index in [4.69, 9.17) is 29.8 Å². The summed E-state index contributed by atoms with van der Waals surface area (Å²) in [6.45, 7) is 0.633. The standard InChI is InChI=1S/C13H17NO6/c1-17-5-11-12(6-18-2)20-10-4-8(14)7(13(15)16)3-9(10)19-11/h3-4,11-12H,5-6,14H2,1-2H3,(H,15,16). The summed E-state index contributed by atoms with van der Waals surface area (Å²) >= 11 is 0. The molecule has 0 aliphatic carbocycles. The van der Waals surface area contributed by atoms with Crippen molar-refractivity contribution in [1.29, 1.82) is 0 Å². The van der Waals surface area contributed by atoms with Gasteiger partial charge in [0, 0.05) is 26.4 Å². The minimum Gasteiger partial charge on any atom is -0.480 e. The molecule has 0 saturated carbocycles. The molecule has 20 heavy (non-hydrogen) atoms. The maximum absolute atomic E-state index is 11.1. The Hall–Kier alpha value is -1.99. The van der Waals surface area contributed by atoms with Gasteiger partial charge >= 0.3 is 5.97 Å². The Morgan fingerprint density at radius 2 is 1.70 bits per heavy atom. The van der Waals surface area contributed by atoms with Gasteiger partial charge in [-0.2, -0.15) is 0 Å². The van der Waals surface area contributed by atoms with Crippen molar-refractivity contribution < 1.29 is 28.8 Å². The van der Waals surface area contributed by atoms with E-state index in [2.05, 4.69) is 0 Å². The highest BCUT2D eigenvalue weighted by Crippen LogP contribution is 2.37. The lowest BCUT2D eigenvalue weighted by molar-refractivity contribution is -0.0514. The number of carboxylic acids is 1. The molecule has 0 saturated heterocycles. The third-order valence-electron chi connectivity index (χ3n) is 2.98. The molecule has 2 atom stereocenters. The van der Waals surface area contributed by atoms with Crippen molar-refractivity contribution >= 4 is 11.7 Å². The van der Waals surface area contributed by atoms with E-state index in [-0.39, 0.29) is 23.5 Å². The number of ether oxygens (including phenoxy) is 4. The largest absolute Gasteiger partial charge is 0.480 e. The van der Waals surface area contributed by atoms with E-state index in [1.807, 2.05) is 0 Å². The minimum absolute atomic E-state index is 0.0197. The van der Waals surface area contributed by atoms with Crippen molar-refractivity contribution in [2.24, 2.45) is 0 Å². The lowest BCUT2D eigenvalue weighted by Crippen LogP contribution is -2.45. The highest BCUT2D eigenvalue weighted by molar-refractivity contribution is 5.94. The van der Waals surface area contributed by atoms with Crippen LogP contribution in [-0.4, -0.2) is 50.7 Å². The van der Waals surface area contributed by atoms with Gasteiger partial charge < -0.3 is 29.8 Å². The van der Waals surface area contributed by atoms with Crippen molar-refractivity contribution in [3.63, 3.8) is 0 Å². The van der Waals surface area contributed by atoms with Crippen molar-refractivity contribution in [2.75, 3.05) is 33.2 Å². The maximum Gasteiger partial charge on any atom is 0.337 e. The van der Waals surface area contributed by atoms with Crippen molar-refractivity contribution in [1.82, 2.24) is 0 Å². The van der Waals surface area contributed by atoms with Gasteiger partial charge in [-0.15, -0.1) is 0 Å². The van der Waals surface area contributed by atoms with Gasteiger partial charge in [0.2, 0.25) is 0 Å². The molecule has 0 aromatic heterocycles. The Morgan fingerprint density at radius 3 is 2.15 bits per heavy atom. The van der Waals surface area contributed by atoms with Gasteiger partial charge in [0.15, 0.2) is 23.7 Å². The van der Waals surface area contributed by atoms with E-state index in [1.165, 1.54) is 12.1 Å². The fraction of sp³-hybridized carbons (Fsp3) is 0.462. The van der Waals surface area contributed by atoms with Crippen LogP contribution in [0.4, 0.5) is 5.69 Å². The summed E-state index contributed by atoms with van der Waals surface area (Å²) in [5.74, 6) is -0.371. The quantitative estimate of drug-likeness (QED) is 0.770. The topological polar surface area (TPSA) is 100 Å². The number of nitrogen functional groups attached to an aromatic ring is 1. The van der Waals surface area contributed by atoms with E-state index in [1.54, 1.807) is 14.2 Å². The SMILES string of the molecule is COCC1Oc2cc(N)c(C(=O)O)cc2OC1COC. The summed E-state index contributed by atoms with van der Waals surface area (Å²) in [5.41, 5.74) is 5.79. The molecule has 3 N–H and O–H groups in total. The first-order chi connectivity index (χ1) is 9.56. The van der Waals surface area contributed by atoms with Crippen LogP contribution in [0.1, 0.15) is 10.4 Å². The molecule has 2 unspecified atom stereocenters. The molecule has 0 fully saturated rings. The Kier molecular flexibility index (Phi) is 4.31. The minimum atomic E-state index is -1.11. The van der Waals surface area contributed by atoms with Crippen LogP contribution in [0, 0.1) is 0 Å².